The number of carbonyl (C=O) groups excluding carboxylic acids is 1. The number of fused-ring (bicyclic) bond motifs is 1. The second kappa shape index (κ2) is 9.15. The van der Waals surface area contributed by atoms with E-state index in [1.807, 2.05) is 0 Å². The third kappa shape index (κ3) is 4.79. The van der Waals surface area contributed by atoms with E-state index in [-0.39, 0.29) is 22.9 Å². The summed E-state index contributed by atoms with van der Waals surface area (Å²) in [5, 5.41) is 0.220. The van der Waals surface area contributed by atoms with Gasteiger partial charge in [-0.1, -0.05) is 17.7 Å². The molecule has 1 N–H and O–H groups in total. The number of ether oxygens (including phenoxy) is 2. The fourth-order valence-electron chi connectivity index (χ4n) is 4.00. The van der Waals surface area contributed by atoms with Crippen molar-refractivity contribution in [2.24, 2.45) is 5.92 Å². The van der Waals surface area contributed by atoms with Crippen LogP contribution in [0.1, 0.15) is 25.7 Å². The fraction of sp³-hybridized carbons (Fsp3) is 0.333. The third-order valence-corrected chi connectivity index (χ3v) is 8.94. The Kier molecular flexibility index (Phi) is 6.31. The maximum Gasteiger partial charge on any atom is 0.237 e. The normalized spacial score (nSPS) is 19.7. The van der Waals surface area contributed by atoms with E-state index in [2.05, 4.69) is 20.7 Å². The first-order chi connectivity index (χ1) is 16.7. The molecule has 8 nitrogen and oxygen atoms in total. The number of halogens is 2. The number of methoxy groups -OCH3 is 1. The molecule has 1 amide bonds. The van der Waals surface area contributed by atoms with E-state index in [0.717, 1.165) is 0 Å². The molecule has 2 aromatic carbocycles. The van der Waals surface area contributed by atoms with E-state index in [9.17, 15) is 18.0 Å². The Morgan fingerprint density at radius 1 is 1.17 bits per heavy atom. The van der Waals surface area contributed by atoms with Gasteiger partial charge >= 0.3 is 0 Å². The Balaban J connectivity index is 1.40. The van der Waals surface area contributed by atoms with Crippen molar-refractivity contribution >= 4 is 54.4 Å². The predicted molar refractivity (Wildman–Crippen MR) is 134 cm³/mol. The minimum absolute atomic E-state index is 0.251. The van der Waals surface area contributed by atoms with Gasteiger partial charge in [-0.15, -0.1) is 0 Å². The van der Waals surface area contributed by atoms with Crippen LogP contribution in [0.25, 0.3) is 22.3 Å². The molecule has 0 unspecified atom stereocenters. The first kappa shape index (κ1) is 24.1. The van der Waals surface area contributed by atoms with E-state index in [1.165, 1.54) is 13.2 Å². The first-order valence-corrected chi connectivity index (χ1v) is 13.7. The minimum Gasteiger partial charge on any atom is -0.495 e. The molecule has 1 heterocycles. The smallest absolute Gasteiger partial charge is 0.237 e. The van der Waals surface area contributed by atoms with Crippen LogP contribution in [-0.2, 0) is 14.8 Å². The van der Waals surface area contributed by atoms with Crippen molar-refractivity contribution in [3.63, 3.8) is 0 Å². The fourth-order valence-corrected chi connectivity index (χ4v) is 6.09. The maximum absolute atomic E-state index is 12.7. The highest BCUT2D eigenvalue weighted by Gasteiger charge is 2.42. The summed E-state index contributed by atoms with van der Waals surface area (Å²) < 4.78 is 44.4. The summed E-state index contributed by atoms with van der Waals surface area (Å²) in [5.74, 6) is 0.216. The molecule has 2 fully saturated rings. The average Bonchev–Trinajstić information content (AvgIpc) is 3.63. The molecule has 1 aromatic heterocycles. The second-order valence-electron chi connectivity index (χ2n) is 8.69. The number of rotatable bonds is 7. The molecule has 2 saturated carbocycles. The molecule has 0 saturated heterocycles. The molecule has 11 heteroatoms. The molecule has 2 aliphatic rings. The van der Waals surface area contributed by atoms with Crippen molar-refractivity contribution in [1.82, 2.24) is 4.72 Å². The Morgan fingerprint density at radius 3 is 2.60 bits per heavy atom. The molecule has 5 rings (SSSR count). The molecule has 184 valence electrons. The van der Waals surface area contributed by atoms with Crippen LogP contribution in [0.2, 0.25) is 5.02 Å². The maximum atomic E-state index is 12.7. The van der Waals surface area contributed by atoms with Gasteiger partial charge in [0.05, 0.1) is 32.8 Å². The van der Waals surface area contributed by atoms with Gasteiger partial charge < -0.3 is 13.9 Å². The first-order valence-electron chi connectivity index (χ1n) is 11.0. The Hall–Kier alpha value is -2.56. The second-order valence-corrected chi connectivity index (χ2v) is 11.9. The molecular formula is C24H21BrClNO7S. The number of amides is 1. The zero-order valence-electron chi connectivity index (χ0n) is 18.5. The summed E-state index contributed by atoms with van der Waals surface area (Å²) in [5.41, 5.74) is 0.520. The number of benzene rings is 2. The molecule has 2 aliphatic carbocycles. The number of para-hydroxylation sites is 1. The Bertz CT molecular complexity index is 1490. The van der Waals surface area contributed by atoms with Crippen molar-refractivity contribution in [2.75, 3.05) is 7.11 Å². The van der Waals surface area contributed by atoms with E-state index in [4.69, 9.17) is 25.5 Å². The van der Waals surface area contributed by atoms with Crippen molar-refractivity contribution < 1.29 is 27.1 Å². The van der Waals surface area contributed by atoms with Crippen LogP contribution in [0.3, 0.4) is 0 Å². The molecule has 3 aromatic rings. The quantitative estimate of drug-likeness (QED) is 0.432. The van der Waals surface area contributed by atoms with Crippen LogP contribution in [0.5, 0.6) is 11.5 Å². The molecule has 0 radical (unpaired) electrons. The van der Waals surface area contributed by atoms with Crippen LogP contribution in [-0.4, -0.2) is 32.8 Å². The Morgan fingerprint density at radius 2 is 1.91 bits per heavy atom. The molecule has 0 spiro atoms. The molecular weight excluding hydrogens is 562 g/mol. The summed E-state index contributed by atoms with van der Waals surface area (Å²) in [7, 11) is -2.06. The average molecular weight is 583 g/mol. The number of nitrogens with one attached hydrogen (secondary N) is 1. The SMILES string of the molecule is COc1cc(OC2CC(C(=O)NS(=O)(=O)C3CC3)C2)c(-c2cc(=O)c3cccc(Cl)c3o2)cc1Br. The van der Waals surface area contributed by atoms with Crippen LogP contribution in [0.15, 0.2) is 50.1 Å². The van der Waals surface area contributed by atoms with Gasteiger partial charge in [-0.25, -0.2) is 8.42 Å². The lowest BCUT2D eigenvalue weighted by atomic mass is 9.82. The van der Waals surface area contributed by atoms with Crippen LogP contribution in [0.4, 0.5) is 0 Å². The topological polar surface area (TPSA) is 112 Å². The summed E-state index contributed by atoms with van der Waals surface area (Å²) >= 11 is 9.72. The van der Waals surface area contributed by atoms with E-state index in [0.29, 0.717) is 57.6 Å². The van der Waals surface area contributed by atoms with Crippen molar-refractivity contribution in [2.45, 2.75) is 37.0 Å². The lowest BCUT2D eigenvalue weighted by Gasteiger charge is -2.34. The van der Waals surface area contributed by atoms with Gasteiger partial charge in [0.2, 0.25) is 15.9 Å². The van der Waals surface area contributed by atoms with Gasteiger partial charge in [0.25, 0.3) is 0 Å². The zero-order chi connectivity index (χ0) is 24.9. The van der Waals surface area contributed by atoms with E-state index < -0.39 is 27.1 Å². The van der Waals surface area contributed by atoms with E-state index >= 15 is 0 Å². The summed E-state index contributed by atoms with van der Waals surface area (Å²) in [6, 6.07) is 9.72. The highest BCUT2D eigenvalue weighted by atomic mass is 79.9. The molecule has 0 aliphatic heterocycles. The third-order valence-electron chi connectivity index (χ3n) is 6.19. The number of sulfonamides is 1. The number of carbonyl (C=O) groups is 1. The molecule has 0 atom stereocenters. The van der Waals surface area contributed by atoms with Gasteiger partial charge in [0, 0.05) is 18.1 Å². The lowest BCUT2D eigenvalue weighted by molar-refractivity contribution is -0.128. The summed E-state index contributed by atoms with van der Waals surface area (Å²) in [4.78, 5) is 25.1. The summed E-state index contributed by atoms with van der Waals surface area (Å²) in [6.45, 7) is 0. The zero-order valence-corrected chi connectivity index (χ0v) is 21.7. The van der Waals surface area contributed by atoms with Crippen LogP contribution in [0, 0.1) is 5.92 Å². The van der Waals surface area contributed by atoms with Crippen LogP contribution < -0.4 is 19.6 Å². The largest absolute Gasteiger partial charge is 0.495 e. The summed E-state index contributed by atoms with van der Waals surface area (Å²) in [6.07, 6.45) is 1.57. The van der Waals surface area contributed by atoms with Crippen molar-refractivity contribution in [3.8, 4) is 22.8 Å². The van der Waals surface area contributed by atoms with Gasteiger partial charge in [0.15, 0.2) is 11.0 Å². The van der Waals surface area contributed by atoms with Crippen molar-refractivity contribution in [1.29, 1.82) is 0 Å². The standard InChI is InChI=1S/C24H21BrClNO7S/c1-32-22-11-21(33-13-7-12(8-13)24(29)27-35(30,31)14-5-6-14)16(9-17(22)25)20-10-19(28)15-3-2-4-18(26)23(15)34-20/h2-4,9-14H,5-8H2,1H3,(H,27,29). The predicted octanol–water partition coefficient (Wildman–Crippen LogP) is 4.65. The van der Waals surface area contributed by atoms with Gasteiger partial charge in [0.1, 0.15) is 23.4 Å². The number of hydrogen-bond acceptors (Lipinski definition) is 7. The van der Waals surface area contributed by atoms with Crippen LogP contribution >= 0.6 is 27.5 Å². The highest BCUT2D eigenvalue weighted by molar-refractivity contribution is 9.10. The molecule has 35 heavy (non-hydrogen) atoms. The van der Waals surface area contributed by atoms with Crippen molar-refractivity contribution in [3.05, 3.63) is 56.1 Å². The molecule has 0 bridgehead atoms. The van der Waals surface area contributed by atoms with Gasteiger partial charge in [-0.05, 0) is 59.8 Å². The lowest BCUT2D eigenvalue weighted by Crippen LogP contribution is -2.46. The monoisotopic (exact) mass is 581 g/mol. The van der Waals surface area contributed by atoms with E-state index in [1.54, 1.807) is 30.3 Å². The van der Waals surface area contributed by atoms with Gasteiger partial charge in [-0.2, -0.15) is 0 Å². The Labute approximate surface area is 214 Å². The highest BCUT2D eigenvalue weighted by Crippen LogP contribution is 2.42. The van der Waals surface area contributed by atoms with Gasteiger partial charge in [-0.3, -0.25) is 14.3 Å². The minimum atomic E-state index is -3.58. The number of hydrogen-bond donors (Lipinski definition) is 1.